The maximum atomic E-state index is 12.3. The van der Waals surface area contributed by atoms with Crippen molar-refractivity contribution < 1.29 is 22.4 Å². The fourth-order valence-electron chi connectivity index (χ4n) is 0.719. The van der Waals surface area contributed by atoms with Crippen LogP contribution in [-0.2, 0) is 4.84 Å². The van der Waals surface area contributed by atoms with Crippen LogP contribution in [0.5, 0.6) is 0 Å². The highest BCUT2D eigenvalue weighted by Gasteiger charge is 2.27. The van der Waals surface area contributed by atoms with Gasteiger partial charge in [-0.1, -0.05) is 0 Å². The van der Waals surface area contributed by atoms with Crippen LogP contribution in [0.25, 0.3) is 0 Å². The molecule has 0 amide bonds. The zero-order chi connectivity index (χ0) is 10.6. The van der Waals surface area contributed by atoms with E-state index in [-0.39, 0.29) is 5.69 Å². The standard InChI is InChI=1S/C8H7F4NO/c9-6-1-3-7(4-2-6)13-14-5-8(10,11)12/h1-4,13H,5H2. The quantitative estimate of drug-likeness (QED) is 0.610. The van der Waals surface area contributed by atoms with Crippen LogP contribution in [0.2, 0.25) is 0 Å². The summed E-state index contributed by atoms with van der Waals surface area (Å²) in [6, 6.07) is 4.76. The highest BCUT2D eigenvalue weighted by atomic mass is 19.4. The normalized spacial score (nSPS) is 11.4. The third kappa shape index (κ3) is 4.08. The predicted octanol–water partition coefficient (Wildman–Crippen LogP) is 2.73. The highest BCUT2D eigenvalue weighted by molar-refractivity contribution is 5.40. The Kier molecular flexibility index (Phi) is 3.29. The molecule has 1 aromatic rings. The van der Waals surface area contributed by atoms with Gasteiger partial charge in [-0.15, -0.1) is 0 Å². The molecule has 14 heavy (non-hydrogen) atoms. The molecule has 0 saturated carbocycles. The average Bonchev–Trinajstić information content (AvgIpc) is 2.06. The Morgan fingerprint density at radius 2 is 1.71 bits per heavy atom. The molecule has 6 heteroatoms. The fraction of sp³-hybridized carbons (Fsp3) is 0.250. The predicted molar refractivity (Wildman–Crippen MR) is 42.0 cm³/mol. The van der Waals surface area contributed by atoms with Crippen molar-refractivity contribution in [2.45, 2.75) is 6.18 Å². The van der Waals surface area contributed by atoms with E-state index in [9.17, 15) is 17.6 Å². The minimum Gasteiger partial charge on any atom is -0.267 e. The van der Waals surface area contributed by atoms with Gasteiger partial charge in [0.15, 0.2) is 6.61 Å². The average molecular weight is 209 g/mol. The maximum Gasteiger partial charge on any atom is 0.414 e. The molecule has 0 spiro atoms. The monoisotopic (exact) mass is 209 g/mol. The van der Waals surface area contributed by atoms with Gasteiger partial charge in [-0.05, 0) is 24.3 Å². The van der Waals surface area contributed by atoms with E-state index in [1.807, 2.05) is 5.48 Å². The van der Waals surface area contributed by atoms with E-state index in [4.69, 9.17) is 0 Å². The van der Waals surface area contributed by atoms with Gasteiger partial charge in [-0.3, -0.25) is 10.3 Å². The molecule has 0 unspecified atom stereocenters. The van der Waals surface area contributed by atoms with Crippen LogP contribution in [0, 0.1) is 5.82 Å². The molecule has 1 N–H and O–H groups in total. The van der Waals surface area contributed by atoms with Crippen molar-refractivity contribution in [2.24, 2.45) is 0 Å². The van der Waals surface area contributed by atoms with E-state index in [0.717, 1.165) is 12.1 Å². The fourth-order valence-corrected chi connectivity index (χ4v) is 0.719. The Labute approximate surface area is 77.4 Å². The van der Waals surface area contributed by atoms with Gasteiger partial charge in [0.25, 0.3) is 0 Å². The zero-order valence-corrected chi connectivity index (χ0v) is 6.94. The minimum atomic E-state index is -4.38. The second-order valence-corrected chi connectivity index (χ2v) is 2.51. The molecular weight excluding hydrogens is 202 g/mol. The van der Waals surface area contributed by atoms with Gasteiger partial charge in [0.2, 0.25) is 0 Å². The topological polar surface area (TPSA) is 21.3 Å². The van der Waals surface area contributed by atoms with E-state index in [2.05, 4.69) is 4.84 Å². The Hall–Kier alpha value is -1.30. The van der Waals surface area contributed by atoms with Gasteiger partial charge in [0.1, 0.15) is 5.82 Å². The third-order valence-corrected chi connectivity index (χ3v) is 1.27. The first-order chi connectivity index (χ1) is 6.47. The summed E-state index contributed by atoms with van der Waals surface area (Å²) in [6.45, 7) is -1.40. The summed E-state index contributed by atoms with van der Waals surface area (Å²) in [5, 5.41) is 0. The molecule has 1 rings (SSSR count). The summed E-state index contributed by atoms with van der Waals surface area (Å²) in [5.74, 6) is -0.466. The van der Waals surface area contributed by atoms with Crippen LogP contribution < -0.4 is 5.48 Å². The molecule has 0 aliphatic heterocycles. The second-order valence-electron chi connectivity index (χ2n) is 2.51. The molecule has 0 radical (unpaired) electrons. The van der Waals surface area contributed by atoms with Gasteiger partial charge in [0.05, 0.1) is 5.69 Å². The molecule has 0 aromatic heterocycles. The number of rotatable bonds is 3. The van der Waals surface area contributed by atoms with Crippen LogP contribution in [0.1, 0.15) is 0 Å². The molecule has 2 nitrogen and oxygen atoms in total. The van der Waals surface area contributed by atoms with Crippen molar-refractivity contribution in [3.8, 4) is 0 Å². The second kappa shape index (κ2) is 4.28. The molecule has 0 aliphatic carbocycles. The number of hydrogen-bond donors (Lipinski definition) is 1. The molecular formula is C8H7F4NO. The van der Waals surface area contributed by atoms with Crippen molar-refractivity contribution in [3.05, 3.63) is 30.1 Å². The molecule has 78 valence electrons. The lowest BCUT2D eigenvalue weighted by atomic mass is 10.3. The molecule has 0 atom stereocenters. The van der Waals surface area contributed by atoms with Crippen LogP contribution in [0.3, 0.4) is 0 Å². The molecule has 0 bridgehead atoms. The number of halogens is 4. The van der Waals surface area contributed by atoms with Crippen LogP contribution in [-0.4, -0.2) is 12.8 Å². The molecule has 0 fully saturated rings. The van der Waals surface area contributed by atoms with Crippen molar-refractivity contribution in [1.29, 1.82) is 0 Å². The van der Waals surface area contributed by atoms with Gasteiger partial charge in [-0.2, -0.15) is 13.2 Å². The number of anilines is 1. The summed E-state index contributed by atoms with van der Waals surface area (Å²) in [5.41, 5.74) is 2.30. The zero-order valence-electron chi connectivity index (χ0n) is 6.94. The Bertz CT molecular complexity index is 282. The van der Waals surface area contributed by atoms with E-state index < -0.39 is 18.6 Å². The minimum absolute atomic E-state index is 0.260. The first-order valence-corrected chi connectivity index (χ1v) is 3.67. The van der Waals surface area contributed by atoms with Crippen LogP contribution >= 0.6 is 0 Å². The lowest BCUT2D eigenvalue weighted by Crippen LogP contribution is -2.19. The lowest BCUT2D eigenvalue weighted by Gasteiger charge is -2.08. The Balaban J connectivity index is 2.35. The van der Waals surface area contributed by atoms with Crippen LogP contribution in [0.15, 0.2) is 24.3 Å². The highest BCUT2D eigenvalue weighted by Crippen LogP contribution is 2.15. The molecule has 0 heterocycles. The van der Waals surface area contributed by atoms with Crippen molar-refractivity contribution in [2.75, 3.05) is 12.1 Å². The summed E-state index contributed by atoms with van der Waals surface area (Å²) < 4.78 is 47.1. The third-order valence-electron chi connectivity index (χ3n) is 1.27. The Morgan fingerprint density at radius 3 is 2.21 bits per heavy atom. The van der Waals surface area contributed by atoms with E-state index in [1.54, 1.807) is 0 Å². The summed E-state index contributed by atoms with van der Waals surface area (Å²) >= 11 is 0. The SMILES string of the molecule is Fc1ccc(NOCC(F)(F)F)cc1. The maximum absolute atomic E-state index is 12.3. The van der Waals surface area contributed by atoms with Crippen LogP contribution in [0.4, 0.5) is 23.2 Å². The smallest absolute Gasteiger partial charge is 0.267 e. The summed E-state index contributed by atoms with van der Waals surface area (Å²) in [7, 11) is 0. The summed E-state index contributed by atoms with van der Waals surface area (Å²) in [6.07, 6.45) is -4.38. The van der Waals surface area contributed by atoms with Gasteiger partial charge >= 0.3 is 6.18 Å². The largest absolute Gasteiger partial charge is 0.414 e. The van der Waals surface area contributed by atoms with Crippen molar-refractivity contribution in [1.82, 2.24) is 0 Å². The van der Waals surface area contributed by atoms with Gasteiger partial charge in [-0.25, -0.2) is 4.39 Å². The van der Waals surface area contributed by atoms with Crippen molar-refractivity contribution in [3.63, 3.8) is 0 Å². The first kappa shape index (κ1) is 10.8. The van der Waals surface area contributed by atoms with Crippen molar-refractivity contribution >= 4 is 5.69 Å². The summed E-state index contributed by atoms with van der Waals surface area (Å²) in [4.78, 5) is 4.13. The van der Waals surface area contributed by atoms with E-state index >= 15 is 0 Å². The molecule has 0 aliphatic rings. The number of alkyl halides is 3. The van der Waals surface area contributed by atoms with E-state index in [0.29, 0.717) is 0 Å². The molecule has 0 saturated heterocycles. The van der Waals surface area contributed by atoms with Gasteiger partial charge in [0, 0.05) is 0 Å². The first-order valence-electron chi connectivity index (χ1n) is 3.67. The van der Waals surface area contributed by atoms with E-state index in [1.165, 1.54) is 12.1 Å². The molecule has 1 aromatic carbocycles. The number of hydrogen-bond acceptors (Lipinski definition) is 2. The van der Waals surface area contributed by atoms with Gasteiger partial charge < -0.3 is 0 Å². The number of benzene rings is 1. The lowest BCUT2D eigenvalue weighted by molar-refractivity contribution is -0.167. The number of nitrogens with one attached hydrogen (secondary N) is 1. The Morgan fingerprint density at radius 1 is 1.14 bits per heavy atom.